The highest BCUT2D eigenvalue weighted by Crippen LogP contribution is 2.23. The second-order valence-electron chi connectivity index (χ2n) is 9.77. The lowest BCUT2D eigenvalue weighted by Crippen LogP contribution is -2.58. The lowest BCUT2D eigenvalue weighted by Gasteiger charge is -2.31. The Morgan fingerprint density at radius 1 is 1.00 bits per heavy atom. The molecule has 0 heterocycles. The Bertz CT molecular complexity index is 899. The average Bonchev–Trinajstić information content (AvgIpc) is 2.73. The molecule has 1 aromatic rings. The molecule has 3 N–H and O–H groups in total. The molecule has 3 amide bonds. The minimum Gasteiger partial charge on any atom is -0.345 e. The number of fused-ring (bicyclic) bond motifs is 1. The van der Waals surface area contributed by atoms with E-state index in [4.69, 9.17) is 0 Å². The summed E-state index contributed by atoms with van der Waals surface area (Å²) in [4.78, 5) is 49.5. The molecule has 1 aliphatic carbocycles. The van der Waals surface area contributed by atoms with Crippen LogP contribution in [0.3, 0.4) is 0 Å². The molecule has 2 rings (SSSR count). The van der Waals surface area contributed by atoms with Gasteiger partial charge in [-0.2, -0.15) is 0 Å². The molecule has 1 aromatic carbocycles. The predicted octanol–water partition coefficient (Wildman–Crippen LogP) is 2.63. The Kier molecular flexibility index (Phi) is 8.36. The number of carbonyl (C=O) groups excluding carboxylic acids is 4. The van der Waals surface area contributed by atoms with Gasteiger partial charge >= 0.3 is 0 Å². The van der Waals surface area contributed by atoms with Crippen molar-refractivity contribution in [2.24, 2.45) is 11.3 Å². The smallest absolute Gasteiger partial charge is 0.251 e. The SMILES string of the molecule is CC(NC(=O)C(NC(=O)c1ccc2c(c1)C=CCC2)C(C)(C)C)C(=O)NC(C=O)C(C)C. The molecule has 1 aliphatic rings. The maximum Gasteiger partial charge on any atom is 0.251 e. The summed E-state index contributed by atoms with van der Waals surface area (Å²) in [5, 5.41) is 8.13. The van der Waals surface area contributed by atoms with Crippen LogP contribution in [0.15, 0.2) is 24.3 Å². The third kappa shape index (κ3) is 6.52. The van der Waals surface area contributed by atoms with Crippen molar-refractivity contribution in [3.05, 3.63) is 41.0 Å². The van der Waals surface area contributed by atoms with Crippen LogP contribution in [0.25, 0.3) is 6.08 Å². The number of rotatable bonds is 8. The van der Waals surface area contributed by atoms with E-state index < -0.39 is 35.4 Å². The largest absolute Gasteiger partial charge is 0.345 e. The van der Waals surface area contributed by atoms with Crippen LogP contribution in [0.2, 0.25) is 0 Å². The van der Waals surface area contributed by atoms with E-state index in [2.05, 4.69) is 22.0 Å². The number of nitrogens with one attached hydrogen (secondary N) is 3. The number of aryl methyl sites for hydroxylation is 1. The molecule has 32 heavy (non-hydrogen) atoms. The number of aldehydes is 1. The van der Waals surface area contributed by atoms with E-state index in [1.165, 1.54) is 5.56 Å². The summed E-state index contributed by atoms with van der Waals surface area (Å²) >= 11 is 0. The van der Waals surface area contributed by atoms with Gasteiger partial charge < -0.3 is 20.7 Å². The summed E-state index contributed by atoms with van der Waals surface area (Å²) in [5.74, 6) is -1.32. The fourth-order valence-corrected chi connectivity index (χ4v) is 3.47. The fraction of sp³-hybridized carbons (Fsp3) is 0.520. The maximum atomic E-state index is 13.0. The van der Waals surface area contributed by atoms with E-state index in [0.717, 1.165) is 18.4 Å². The molecule has 0 aromatic heterocycles. The van der Waals surface area contributed by atoms with Gasteiger partial charge in [-0.25, -0.2) is 0 Å². The monoisotopic (exact) mass is 441 g/mol. The summed E-state index contributed by atoms with van der Waals surface area (Å²) in [6, 6.07) is 3.21. The normalized spacial score (nSPS) is 15.8. The topological polar surface area (TPSA) is 104 Å². The van der Waals surface area contributed by atoms with E-state index in [1.807, 2.05) is 52.8 Å². The number of allylic oxidation sites excluding steroid dienone is 1. The minimum atomic E-state index is -0.862. The van der Waals surface area contributed by atoms with Crippen LogP contribution in [0.5, 0.6) is 0 Å². The molecule has 0 spiro atoms. The Labute approximate surface area is 190 Å². The molecule has 0 aliphatic heterocycles. The van der Waals surface area contributed by atoms with Crippen molar-refractivity contribution in [1.29, 1.82) is 0 Å². The quantitative estimate of drug-likeness (QED) is 0.540. The first-order chi connectivity index (χ1) is 14.9. The highest BCUT2D eigenvalue weighted by Gasteiger charge is 2.34. The van der Waals surface area contributed by atoms with Crippen LogP contribution >= 0.6 is 0 Å². The molecule has 174 valence electrons. The molecule has 3 unspecified atom stereocenters. The van der Waals surface area contributed by atoms with Gasteiger partial charge in [0.15, 0.2) is 0 Å². The van der Waals surface area contributed by atoms with Crippen molar-refractivity contribution in [2.45, 2.75) is 72.5 Å². The Morgan fingerprint density at radius 2 is 1.69 bits per heavy atom. The molecule has 0 bridgehead atoms. The highest BCUT2D eigenvalue weighted by molar-refractivity contribution is 5.99. The van der Waals surface area contributed by atoms with E-state index in [1.54, 1.807) is 13.0 Å². The first kappa shape index (κ1) is 25.3. The number of carbonyl (C=O) groups is 4. The van der Waals surface area contributed by atoms with Crippen LogP contribution in [0.4, 0.5) is 0 Å². The maximum absolute atomic E-state index is 13.0. The predicted molar refractivity (Wildman–Crippen MR) is 125 cm³/mol. The minimum absolute atomic E-state index is 0.0626. The number of hydrogen-bond acceptors (Lipinski definition) is 4. The molecule has 3 atom stereocenters. The summed E-state index contributed by atoms with van der Waals surface area (Å²) in [6.45, 7) is 10.7. The third-order valence-corrected chi connectivity index (χ3v) is 5.62. The van der Waals surface area contributed by atoms with E-state index in [0.29, 0.717) is 11.8 Å². The van der Waals surface area contributed by atoms with Crippen molar-refractivity contribution in [1.82, 2.24) is 16.0 Å². The standard InChI is InChI=1S/C25H35N3O4/c1-15(2)20(14-29)27-22(30)16(3)26-24(32)21(25(4,5)6)28-23(31)19-12-11-17-9-7-8-10-18(17)13-19/h8,10-16,20-21H,7,9H2,1-6H3,(H,26,32)(H,27,30)(H,28,31). The van der Waals surface area contributed by atoms with Crippen molar-refractivity contribution in [3.63, 3.8) is 0 Å². The lowest BCUT2D eigenvalue weighted by atomic mass is 9.85. The molecule has 7 nitrogen and oxygen atoms in total. The number of amides is 3. The van der Waals surface area contributed by atoms with E-state index in [-0.39, 0.29) is 11.8 Å². The second-order valence-corrected chi connectivity index (χ2v) is 9.77. The molecule has 0 fully saturated rings. The lowest BCUT2D eigenvalue weighted by molar-refractivity contribution is -0.131. The molecular formula is C25H35N3O4. The van der Waals surface area contributed by atoms with Gasteiger partial charge in [0.05, 0.1) is 6.04 Å². The van der Waals surface area contributed by atoms with E-state index >= 15 is 0 Å². The Balaban J connectivity index is 2.10. The van der Waals surface area contributed by atoms with Gasteiger partial charge in [-0.3, -0.25) is 14.4 Å². The molecule has 7 heteroatoms. The van der Waals surface area contributed by atoms with Gasteiger partial charge in [0.2, 0.25) is 11.8 Å². The molecule has 0 saturated heterocycles. The summed E-state index contributed by atoms with van der Waals surface area (Å²) in [7, 11) is 0. The zero-order chi connectivity index (χ0) is 24.1. The molecular weight excluding hydrogens is 406 g/mol. The molecule has 0 saturated carbocycles. The third-order valence-electron chi connectivity index (χ3n) is 5.62. The second kappa shape index (κ2) is 10.6. The average molecular weight is 442 g/mol. The Hall–Kier alpha value is -2.96. The van der Waals surface area contributed by atoms with Gasteiger partial charge in [-0.15, -0.1) is 0 Å². The number of hydrogen-bond donors (Lipinski definition) is 3. The van der Waals surface area contributed by atoms with Crippen molar-refractivity contribution in [2.75, 3.05) is 0 Å². The van der Waals surface area contributed by atoms with Crippen molar-refractivity contribution < 1.29 is 19.2 Å². The van der Waals surface area contributed by atoms with Crippen LogP contribution in [0, 0.1) is 11.3 Å². The van der Waals surface area contributed by atoms with Crippen LogP contribution in [0.1, 0.15) is 69.4 Å². The van der Waals surface area contributed by atoms with Gasteiger partial charge in [0, 0.05) is 5.56 Å². The fourth-order valence-electron chi connectivity index (χ4n) is 3.47. The van der Waals surface area contributed by atoms with Crippen LogP contribution in [-0.2, 0) is 20.8 Å². The van der Waals surface area contributed by atoms with Crippen LogP contribution in [-0.4, -0.2) is 42.1 Å². The molecule has 0 radical (unpaired) electrons. The van der Waals surface area contributed by atoms with Gasteiger partial charge in [-0.1, -0.05) is 52.8 Å². The van der Waals surface area contributed by atoms with Crippen LogP contribution < -0.4 is 16.0 Å². The zero-order valence-electron chi connectivity index (χ0n) is 19.8. The first-order valence-corrected chi connectivity index (χ1v) is 11.1. The van der Waals surface area contributed by atoms with Crippen molar-refractivity contribution in [3.8, 4) is 0 Å². The van der Waals surface area contributed by atoms with Crippen molar-refractivity contribution >= 4 is 30.1 Å². The summed E-state index contributed by atoms with van der Waals surface area (Å²) in [5.41, 5.74) is 2.10. The Morgan fingerprint density at radius 3 is 2.28 bits per heavy atom. The van der Waals surface area contributed by atoms with Gasteiger partial charge in [0.25, 0.3) is 5.91 Å². The first-order valence-electron chi connectivity index (χ1n) is 11.1. The van der Waals surface area contributed by atoms with Gasteiger partial charge in [0.1, 0.15) is 18.4 Å². The summed E-state index contributed by atoms with van der Waals surface area (Å²) < 4.78 is 0. The zero-order valence-corrected chi connectivity index (χ0v) is 19.8. The van der Waals surface area contributed by atoms with E-state index in [9.17, 15) is 19.2 Å². The highest BCUT2D eigenvalue weighted by atomic mass is 16.2. The number of benzene rings is 1. The summed E-state index contributed by atoms with van der Waals surface area (Å²) in [6.07, 6.45) is 6.71. The van der Waals surface area contributed by atoms with Gasteiger partial charge in [-0.05, 0) is 54.4 Å².